The number of hydrogen-bond donors (Lipinski definition) is 2. The molecule has 2 aromatic carbocycles. The van der Waals surface area contributed by atoms with Crippen LogP contribution in [-0.2, 0) is 10.0 Å². The van der Waals surface area contributed by atoms with E-state index in [1.807, 2.05) is 0 Å². The molecule has 0 saturated carbocycles. The maximum atomic E-state index is 13.3. The van der Waals surface area contributed by atoms with Gasteiger partial charge in [-0.3, -0.25) is 4.72 Å². The van der Waals surface area contributed by atoms with E-state index >= 15 is 0 Å². The van der Waals surface area contributed by atoms with Crippen LogP contribution in [0.1, 0.15) is 0 Å². The maximum Gasteiger partial charge on any atom is 0.263 e. The number of pyridine rings is 1. The first-order valence-electron chi connectivity index (χ1n) is 11.2. The van der Waals surface area contributed by atoms with Crippen LogP contribution in [0.2, 0.25) is 0 Å². The van der Waals surface area contributed by atoms with Gasteiger partial charge in [-0.25, -0.2) is 13.4 Å². The molecule has 4 rings (SSSR count). The number of nitrogens with zero attached hydrogens (tertiary/aromatic N) is 3. The average molecular weight is 541 g/mol. The minimum absolute atomic E-state index is 0.0401. The number of aliphatic hydroxyl groups is 1. The van der Waals surface area contributed by atoms with Gasteiger partial charge in [0.05, 0.1) is 25.7 Å². The summed E-state index contributed by atoms with van der Waals surface area (Å²) >= 11 is 0. The Bertz CT molecular complexity index is 1500. The summed E-state index contributed by atoms with van der Waals surface area (Å²) in [5, 5.41) is 20.9. The highest BCUT2D eigenvalue weighted by Crippen LogP contribution is 2.41. The van der Waals surface area contributed by atoms with Gasteiger partial charge in [-0.1, -0.05) is 12.1 Å². The average Bonchev–Trinajstić information content (AvgIpc) is 2.93. The van der Waals surface area contributed by atoms with Gasteiger partial charge in [-0.2, -0.15) is 9.71 Å². The number of methoxy groups -OCH3 is 2. The fourth-order valence-electron chi connectivity index (χ4n) is 3.28. The smallest absolute Gasteiger partial charge is 0.263 e. The van der Waals surface area contributed by atoms with E-state index < -0.39 is 10.0 Å². The number of hydrogen-bond acceptors (Lipinski definition) is 10. The fraction of sp³-hybridized carbons (Fsp3) is 0.160. The highest BCUT2D eigenvalue weighted by Gasteiger charge is 2.25. The first-order valence-corrected chi connectivity index (χ1v) is 12.7. The Hall–Kier alpha value is -4.62. The third kappa shape index (κ3) is 6.02. The van der Waals surface area contributed by atoms with Gasteiger partial charge in [0.25, 0.3) is 15.9 Å². The topological polar surface area (TPSA) is 156 Å². The number of para-hydroxylation sites is 2. The summed E-state index contributed by atoms with van der Waals surface area (Å²) < 4.78 is 51.8. The quantitative estimate of drug-likeness (QED) is 0.214. The zero-order valence-electron chi connectivity index (χ0n) is 20.4. The van der Waals surface area contributed by atoms with E-state index in [0.717, 1.165) is 0 Å². The van der Waals surface area contributed by atoms with E-state index in [1.54, 1.807) is 24.3 Å². The van der Waals surface area contributed by atoms with E-state index in [-0.39, 0.29) is 47.1 Å². The third-order valence-corrected chi connectivity index (χ3v) is 6.46. The second kappa shape index (κ2) is 11.6. The lowest BCUT2D eigenvalue weighted by Gasteiger charge is -2.18. The SMILES string of the molecule is COc1ccc(S(=O)(=O)Nc2nc(-c3cc[n+]([O-])cc3)nc(OCCO)c2Oc2ccccc2OC)cc1. The Kier molecular flexibility index (Phi) is 8.09. The van der Waals surface area contributed by atoms with Crippen molar-refractivity contribution in [2.24, 2.45) is 0 Å². The Morgan fingerprint density at radius 2 is 1.63 bits per heavy atom. The second-order valence-corrected chi connectivity index (χ2v) is 9.27. The number of sulfonamides is 1. The Balaban J connectivity index is 1.87. The molecule has 12 nitrogen and oxygen atoms in total. The predicted molar refractivity (Wildman–Crippen MR) is 136 cm³/mol. The number of benzene rings is 2. The number of ether oxygens (including phenoxy) is 4. The van der Waals surface area contributed by atoms with Crippen molar-refractivity contribution in [3.63, 3.8) is 0 Å². The summed E-state index contributed by atoms with van der Waals surface area (Å²) in [6.45, 7) is -0.513. The van der Waals surface area contributed by atoms with Gasteiger partial charge >= 0.3 is 0 Å². The van der Waals surface area contributed by atoms with Crippen LogP contribution in [0.4, 0.5) is 5.82 Å². The Morgan fingerprint density at radius 3 is 2.26 bits per heavy atom. The molecule has 0 saturated heterocycles. The molecular weight excluding hydrogens is 516 g/mol. The van der Waals surface area contributed by atoms with Crippen LogP contribution in [0, 0.1) is 5.21 Å². The Morgan fingerprint density at radius 1 is 0.947 bits per heavy atom. The molecule has 0 aliphatic carbocycles. The molecule has 0 atom stereocenters. The summed E-state index contributed by atoms with van der Waals surface area (Å²) in [6.07, 6.45) is 2.49. The molecule has 0 spiro atoms. The summed E-state index contributed by atoms with van der Waals surface area (Å²) in [7, 11) is -1.25. The van der Waals surface area contributed by atoms with Gasteiger partial charge in [-0.15, -0.1) is 0 Å². The fourth-order valence-corrected chi connectivity index (χ4v) is 4.28. The first-order chi connectivity index (χ1) is 18.3. The summed E-state index contributed by atoms with van der Waals surface area (Å²) in [5.74, 6) is 0.545. The predicted octanol–water partition coefficient (Wildman–Crippen LogP) is 2.76. The maximum absolute atomic E-state index is 13.3. The van der Waals surface area contributed by atoms with Crippen LogP contribution in [0.15, 0.2) is 78.0 Å². The minimum atomic E-state index is -4.18. The van der Waals surface area contributed by atoms with Gasteiger partial charge in [-0.05, 0) is 36.4 Å². The molecule has 0 aliphatic rings. The monoisotopic (exact) mass is 540 g/mol. The number of nitrogens with one attached hydrogen (secondary N) is 1. The summed E-state index contributed by atoms with van der Waals surface area (Å²) in [5.41, 5.74) is 0.402. The molecule has 2 N–H and O–H groups in total. The van der Waals surface area contributed by atoms with E-state index in [0.29, 0.717) is 21.8 Å². The largest absolute Gasteiger partial charge is 0.619 e. The van der Waals surface area contributed by atoms with Crippen molar-refractivity contribution >= 4 is 15.8 Å². The molecule has 0 bridgehead atoms. The van der Waals surface area contributed by atoms with Crippen LogP contribution < -0.4 is 28.4 Å². The molecule has 0 aliphatic heterocycles. The molecule has 4 aromatic rings. The van der Waals surface area contributed by atoms with Crippen LogP contribution in [0.5, 0.6) is 28.9 Å². The van der Waals surface area contributed by atoms with E-state index in [1.165, 1.54) is 63.0 Å². The van der Waals surface area contributed by atoms with Crippen LogP contribution in [0.25, 0.3) is 11.4 Å². The number of aliphatic hydroxyl groups excluding tert-OH is 1. The molecule has 2 heterocycles. The molecule has 0 unspecified atom stereocenters. The number of anilines is 1. The van der Waals surface area contributed by atoms with Gasteiger partial charge in [0.1, 0.15) is 12.4 Å². The molecule has 198 valence electrons. The van der Waals surface area contributed by atoms with Crippen molar-refractivity contribution in [3.8, 4) is 40.3 Å². The molecule has 0 fully saturated rings. The molecule has 38 heavy (non-hydrogen) atoms. The van der Waals surface area contributed by atoms with Crippen LogP contribution in [0.3, 0.4) is 0 Å². The molecule has 0 amide bonds. The van der Waals surface area contributed by atoms with Crippen molar-refractivity contribution in [1.82, 2.24) is 9.97 Å². The zero-order chi connectivity index (χ0) is 27.1. The molecule has 13 heteroatoms. The first kappa shape index (κ1) is 26.4. The number of aromatic nitrogens is 3. The minimum Gasteiger partial charge on any atom is -0.619 e. The lowest BCUT2D eigenvalue weighted by molar-refractivity contribution is -0.605. The van der Waals surface area contributed by atoms with Crippen LogP contribution >= 0.6 is 0 Å². The third-order valence-electron chi connectivity index (χ3n) is 5.11. The van der Waals surface area contributed by atoms with Crippen LogP contribution in [-0.4, -0.2) is 50.9 Å². The highest BCUT2D eigenvalue weighted by atomic mass is 32.2. The van der Waals surface area contributed by atoms with Gasteiger partial charge in [0.15, 0.2) is 35.5 Å². The summed E-state index contributed by atoms with van der Waals surface area (Å²) in [6, 6.07) is 15.4. The van der Waals surface area contributed by atoms with Crippen molar-refractivity contribution in [2.45, 2.75) is 4.90 Å². The van der Waals surface area contributed by atoms with Gasteiger partial charge < -0.3 is 29.3 Å². The van der Waals surface area contributed by atoms with Crippen molar-refractivity contribution in [2.75, 3.05) is 32.2 Å². The number of rotatable bonds is 11. The van der Waals surface area contributed by atoms with E-state index in [4.69, 9.17) is 18.9 Å². The summed E-state index contributed by atoms with van der Waals surface area (Å²) in [4.78, 5) is 8.70. The van der Waals surface area contributed by atoms with Gasteiger partial charge in [0.2, 0.25) is 5.75 Å². The highest BCUT2D eigenvalue weighted by molar-refractivity contribution is 7.92. The van der Waals surface area contributed by atoms with E-state index in [9.17, 15) is 18.7 Å². The van der Waals surface area contributed by atoms with Crippen molar-refractivity contribution in [1.29, 1.82) is 0 Å². The lowest BCUT2D eigenvalue weighted by Crippen LogP contribution is -2.23. The van der Waals surface area contributed by atoms with Gasteiger partial charge in [0, 0.05) is 17.7 Å². The zero-order valence-corrected chi connectivity index (χ0v) is 21.2. The Labute approximate surface area is 218 Å². The van der Waals surface area contributed by atoms with E-state index in [2.05, 4.69) is 14.7 Å². The van der Waals surface area contributed by atoms with Crippen molar-refractivity contribution in [3.05, 3.63) is 78.3 Å². The molecular formula is C25H24N4O8S. The molecule has 2 aromatic heterocycles. The standard InChI is InChI=1S/C25H24N4O8S/c1-34-18-7-9-19(10-8-18)38(32,33)28-24-22(37-21-6-4-3-5-20(21)35-2)25(36-16-15-30)27-23(26-24)17-11-13-29(31)14-12-17/h3-14,30H,15-16H2,1-2H3,(H,26,27,28). The molecule has 0 radical (unpaired) electrons. The van der Waals surface area contributed by atoms with Crippen molar-refractivity contribution < 1.29 is 37.2 Å². The normalized spacial score (nSPS) is 11.0. The lowest BCUT2D eigenvalue weighted by atomic mass is 10.2. The second-order valence-electron chi connectivity index (χ2n) is 7.58.